The monoisotopic (exact) mass is 1720 g/mol. The predicted molar refractivity (Wildman–Crippen MR) is 475 cm³/mol. The molecule has 31 heteroatoms. The molecule has 11 aliphatic heterocycles. The second kappa shape index (κ2) is 41.7. The van der Waals surface area contributed by atoms with Crippen molar-refractivity contribution in [2.75, 3.05) is 203 Å². The van der Waals surface area contributed by atoms with Crippen molar-refractivity contribution in [2.24, 2.45) is 47.3 Å². The first-order chi connectivity index (χ1) is 55.7. The van der Waals surface area contributed by atoms with E-state index in [1.165, 1.54) is 5.69 Å². The van der Waals surface area contributed by atoms with Gasteiger partial charge in [-0.15, -0.1) is 24.8 Å². The molecule has 8 atom stereocenters. The lowest BCUT2D eigenvalue weighted by atomic mass is 10.0. The number of benzene rings is 4. The van der Waals surface area contributed by atoms with Crippen LogP contribution >= 0.6 is 24.8 Å². The fourth-order valence-electron chi connectivity index (χ4n) is 17.4. The minimum Gasteiger partial charge on any atom is -0.478 e. The van der Waals surface area contributed by atoms with E-state index >= 15 is 0 Å². The third-order valence-corrected chi connectivity index (χ3v) is 23.6. The van der Waals surface area contributed by atoms with Crippen molar-refractivity contribution in [3.05, 3.63) is 119 Å². The molecule has 8 amide bonds. The van der Waals surface area contributed by atoms with Gasteiger partial charge in [0, 0.05) is 258 Å². The Balaban J connectivity index is 0.000000193. The fraction of sp³-hybridized carbons (Fsp3) is 0.622. The molecule has 4 aromatic rings. The van der Waals surface area contributed by atoms with E-state index in [2.05, 4.69) is 42.4 Å². The van der Waals surface area contributed by atoms with Crippen LogP contribution in [0.1, 0.15) is 153 Å². The molecule has 0 saturated carbocycles. The lowest BCUT2D eigenvalue weighted by Crippen LogP contribution is -2.54. The number of piperazine rings is 3. The average Bonchev–Trinajstić information content (AvgIpc) is 1.66. The first kappa shape index (κ1) is 97.1. The van der Waals surface area contributed by atoms with Gasteiger partial charge in [-0.2, -0.15) is 0 Å². The van der Waals surface area contributed by atoms with Gasteiger partial charge in [-0.25, -0.2) is 33.6 Å². The fourth-order valence-corrected chi connectivity index (χ4v) is 17.4. The highest BCUT2D eigenvalue weighted by atomic mass is 35.5. The Kier molecular flexibility index (Phi) is 33.5. The Bertz CT molecular complexity index is 3970. The zero-order chi connectivity index (χ0) is 85.3. The SMILES string of the molecule is C.CC(=O)c1ccc(N2CC3CN(C(=O)N4CCN(C(=O)OC(C)(C)C)CC4)CC3C2)cc1.CC(=O)c1ccc(N2CC3CN(C(=O)OC(C)(C)C)CC3C2)cc1.CC(=O)c1ccc(N2CC3CNCC3C2)cc1.CC(C)(C)OC(=O)N1CCN(C(=O)N2CC3CN(c4ccc(C(=O)O)cc4)CC3C2)CC1.CC(C)(C)OC(=O)N1CCNCC1.Cl.Cl. The second-order valence-corrected chi connectivity index (χ2v) is 37.4. The molecule has 4 aromatic carbocycles. The zero-order valence-electron chi connectivity index (χ0n) is 73.0. The number of carbonyl (C=O) groups excluding carboxylic acids is 9. The lowest BCUT2D eigenvalue weighted by Gasteiger charge is -2.37. The highest BCUT2D eigenvalue weighted by Crippen LogP contribution is 2.39. The number of rotatable bonds is 8. The quantitative estimate of drug-likeness (QED) is 0.109. The maximum absolute atomic E-state index is 13.1. The standard InChI is InChI=1S/C24H34N4O4.C23H32N4O5.C19H26N2O3.C14H18N2O.C9H18N2O2.CH4.2ClH/c1-17(29)18-5-7-21(8-6-18)27-13-19-15-28(16-20(19)14-27)22(30)25-9-11-26(12-10-25)23(31)32-24(2,3)4;1-23(2,3)32-22(31)25-10-8-24(9-11-25)21(30)27-14-17-12-26(13-18(17)15-27)19-6-4-16(5-7-19)20(28)29;1-13(22)14-5-7-17(8-6-14)20-9-15-11-21(12-16(15)10-20)18(23)24-19(2,3)4;1-10(17)11-2-4-14(5-3-11)16-8-12-6-15-7-13(12)9-16;1-9(2,3)13-8(12)11-6-4-10-5-7-11;;;/h5-8,19-20H,9-16H2,1-4H3;4-7,17-18H,8-15H2,1-3H3,(H,28,29);5-8,15-16H,9-12H2,1-4H3;2-5,12-13,15H,6-9H2,1H3;10H,4-7H2,1-3H3;1H4;2*1H. The summed E-state index contributed by atoms with van der Waals surface area (Å²) in [4.78, 5) is 143. The number of likely N-dealkylation sites (tertiary alicyclic amines) is 3. The second-order valence-electron chi connectivity index (χ2n) is 37.4. The number of fused-ring (bicyclic) bond motifs is 4. The van der Waals surface area contributed by atoms with Crippen LogP contribution in [0.4, 0.5) is 51.5 Å². The summed E-state index contributed by atoms with van der Waals surface area (Å²) in [6, 6.07) is 30.8. The van der Waals surface area contributed by atoms with Gasteiger partial charge < -0.3 is 93.5 Å². The van der Waals surface area contributed by atoms with Gasteiger partial charge in [0.1, 0.15) is 22.4 Å². The van der Waals surface area contributed by atoms with Crippen LogP contribution in [0, 0.1) is 47.3 Å². The van der Waals surface area contributed by atoms with Crippen molar-refractivity contribution in [1.82, 2.24) is 49.8 Å². The molecule has 11 fully saturated rings. The van der Waals surface area contributed by atoms with Gasteiger partial charge in [-0.05, 0) is 213 Å². The predicted octanol–water partition coefficient (Wildman–Crippen LogP) is 12.4. The maximum atomic E-state index is 13.1. The molecule has 15 rings (SSSR count). The van der Waals surface area contributed by atoms with Crippen molar-refractivity contribution in [2.45, 2.75) is 134 Å². The summed E-state index contributed by atoms with van der Waals surface area (Å²) >= 11 is 0. The molecular weight excluding hydrogens is 1590 g/mol. The van der Waals surface area contributed by atoms with E-state index in [0.717, 1.165) is 176 Å². The highest BCUT2D eigenvalue weighted by molar-refractivity contribution is 5.95. The highest BCUT2D eigenvalue weighted by Gasteiger charge is 2.47. The van der Waals surface area contributed by atoms with Crippen molar-refractivity contribution >= 4 is 107 Å². The van der Waals surface area contributed by atoms with Crippen LogP contribution in [0.2, 0.25) is 0 Å². The normalized spacial score (nSPS) is 22.8. The van der Waals surface area contributed by atoms with E-state index in [9.17, 15) is 47.9 Å². The molecule has 0 bridgehead atoms. The average molecular weight is 1720 g/mol. The Morgan fingerprint density at radius 1 is 0.289 bits per heavy atom. The van der Waals surface area contributed by atoms with Crippen LogP contribution in [-0.4, -0.2) is 310 Å². The van der Waals surface area contributed by atoms with Crippen molar-refractivity contribution in [3.8, 4) is 0 Å². The number of carboxylic acids is 1. The van der Waals surface area contributed by atoms with Gasteiger partial charge in [0.25, 0.3) is 0 Å². The van der Waals surface area contributed by atoms with Gasteiger partial charge in [-0.1, -0.05) is 7.43 Å². The molecule has 3 N–H and O–H groups in total. The Morgan fingerprint density at radius 3 is 0.744 bits per heavy atom. The Morgan fingerprint density at radius 2 is 0.504 bits per heavy atom. The number of aromatic carboxylic acids is 1. The van der Waals surface area contributed by atoms with Crippen LogP contribution < -0.4 is 30.2 Å². The Labute approximate surface area is 728 Å². The minimum atomic E-state index is -0.920. The molecule has 0 spiro atoms. The van der Waals surface area contributed by atoms with Gasteiger partial charge in [-0.3, -0.25) is 14.4 Å². The van der Waals surface area contributed by atoms with E-state index in [-0.39, 0.29) is 97.2 Å². The number of hydrogen-bond acceptors (Lipinski definition) is 20. The van der Waals surface area contributed by atoms with E-state index < -0.39 is 22.8 Å². The maximum Gasteiger partial charge on any atom is 0.410 e. The first-order valence-corrected chi connectivity index (χ1v) is 42.2. The largest absolute Gasteiger partial charge is 0.478 e. The minimum absolute atomic E-state index is 0. The number of urea groups is 2. The molecule has 29 nitrogen and oxygen atoms in total. The van der Waals surface area contributed by atoms with Crippen molar-refractivity contribution < 1.29 is 72.0 Å². The van der Waals surface area contributed by atoms with Crippen LogP contribution in [0.5, 0.6) is 0 Å². The molecule has 0 radical (unpaired) electrons. The molecule has 121 heavy (non-hydrogen) atoms. The molecule has 11 aliphatic rings. The number of hydrogen-bond donors (Lipinski definition) is 3. The van der Waals surface area contributed by atoms with Crippen LogP contribution in [-0.2, 0) is 18.9 Å². The number of nitrogens with one attached hydrogen (secondary N) is 2. The summed E-state index contributed by atoms with van der Waals surface area (Å²) in [5.41, 5.74) is 5.27. The van der Waals surface area contributed by atoms with E-state index in [1.54, 1.807) is 47.6 Å². The molecule has 668 valence electrons. The smallest absolute Gasteiger partial charge is 0.410 e. The van der Waals surface area contributed by atoms with Crippen LogP contribution in [0.15, 0.2) is 97.1 Å². The summed E-state index contributed by atoms with van der Waals surface area (Å²) in [5, 5.41) is 15.7. The topological polar surface area (TPSA) is 291 Å². The van der Waals surface area contributed by atoms with E-state index in [1.807, 2.05) is 180 Å². The van der Waals surface area contributed by atoms with Crippen LogP contribution in [0.3, 0.4) is 0 Å². The molecule has 0 aromatic heterocycles. The number of anilines is 4. The summed E-state index contributed by atoms with van der Waals surface area (Å²) in [6.07, 6.45) is -1.03. The first-order valence-electron chi connectivity index (χ1n) is 42.2. The summed E-state index contributed by atoms with van der Waals surface area (Å²) in [7, 11) is 0. The number of nitrogens with zero attached hydrogens (tertiary/aromatic N) is 12. The van der Waals surface area contributed by atoms with Crippen molar-refractivity contribution in [1.29, 1.82) is 0 Å². The lowest BCUT2D eigenvalue weighted by molar-refractivity contribution is 0.0152. The number of amides is 8. The number of halogens is 2. The third-order valence-electron chi connectivity index (χ3n) is 23.6. The summed E-state index contributed by atoms with van der Waals surface area (Å²) in [6.45, 7) is 49.2. The third kappa shape index (κ3) is 26.8. The van der Waals surface area contributed by atoms with Gasteiger partial charge in [0.2, 0.25) is 0 Å². The summed E-state index contributed by atoms with van der Waals surface area (Å²) < 4.78 is 21.6. The van der Waals surface area contributed by atoms with Crippen LogP contribution in [0.25, 0.3) is 0 Å². The molecule has 11 saturated heterocycles. The van der Waals surface area contributed by atoms with Crippen molar-refractivity contribution in [3.63, 3.8) is 0 Å². The van der Waals surface area contributed by atoms with E-state index in [0.29, 0.717) is 87.9 Å². The number of carbonyl (C=O) groups is 10. The van der Waals surface area contributed by atoms with Gasteiger partial charge >= 0.3 is 42.4 Å². The molecule has 8 unspecified atom stereocenters. The number of Topliss-reactive ketones (excluding diaryl/α,β-unsaturated/α-hetero) is 3. The number of ketones is 3. The molecule has 11 heterocycles. The van der Waals surface area contributed by atoms with Gasteiger partial charge in [0.15, 0.2) is 17.3 Å². The molecular formula is C90H134Cl2N14O15. The zero-order valence-corrected chi connectivity index (χ0v) is 74.6. The summed E-state index contributed by atoms with van der Waals surface area (Å²) in [5.74, 6) is 3.75. The number of carboxylic acid groups (broad SMARTS) is 1. The molecule has 0 aliphatic carbocycles. The van der Waals surface area contributed by atoms with Gasteiger partial charge in [0.05, 0.1) is 5.56 Å². The van der Waals surface area contributed by atoms with E-state index in [4.69, 9.17) is 24.1 Å². The number of ether oxygens (including phenoxy) is 4. The Hall–Kier alpha value is -9.32.